The van der Waals surface area contributed by atoms with Crippen molar-refractivity contribution in [1.29, 1.82) is 0 Å². The molecule has 0 spiro atoms. The summed E-state index contributed by atoms with van der Waals surface area (Å²) in [5, 5.41) is 13.1. The number of methoxy groups -OCH3 is 1. The molecule has 0 aliphatic heterocycles. The van der Waals surface area contributed by atoms with Crippen LogP contribution in [0.2, 0.25) is 0 Å². The number of carbonyl (C=O) groups is 1. The molecule has 1 heterocycles. The Kier molecular flexibility index (Phi) is 3.85. The van der Waals surface area contributed by atoms with Crippen LogP contribution in [0.25, 0.3) is 11.3 Å². The predicted molar refractivity (Wildman–Crippen MR) is 71.5 cm³/mol. The fourth-order valence-electron chi connectivity index (χ4n) is 1.92. The Morgan fingerprint density at radius 2 is 2.21 bits per heavy atom. The highest BCUT2D eigenvalue weighted by Crippen LogP contribution is 2.25. The highest BCUT2D eigenvalue weighted by molar-refractivity contribution is 5.87. The lowest BCUT2D eigenvalue weighted by molar-refractivity contribution is 0.0689. The van der Waals surface area contributed by atoms with Crippen LogP contribution < -0.4 is 4.74 Å². The van der Waals surface area contributed by atoms with Gasteiger partial charge in [-0.1, -0.05) is 19.1 Å². The topological polar surface area (TPSA) is 64.4 Å². The van der Waals surface area contributed by atoms with Gasteiger partial charge in [0.25, 0.3) is 0 Å². The molecule has 100 valence electrons. The first-order chi connectivity index (χ1) is 9.15. The average Bonchev–Trinajstić information content (AvgIpc) is 2.83. The van der Waals surface area contributed by atoms with E-state index < -0.39 is 5.97 Å². The number of aromatic nitrogens is 2. The lowest BCUT2D eigenvalue weighted by atomic mass is 10.1. The van der Waals surface area contributed by atoms with E-state index in [2.05, 4.69) is 5.10 Å². The van der Waals surface area contributed by atoms with Crippen LogP contribution in [0.1, 0.15) is 23.8 Å². The fraction of sp³-hybridized carbons (Fsp3) is 0.286. The van der Waals surface area contributed by atoms with Gasteiger partial charge >= 0.3 is 5.97 Å². The smallest absolute Gasteiger partial charge is 0.356 e. The SMILES string of the molecule is CCCn1nc(C(=O)O)cc1-c1cccc(OC)c1. The van der Waals surface area contributed by atoms with Crippen molar-refractivity contribution < 1.29 is 14.6 Å². The summed E-state index contributed by atoms with van der Waals surface area (Å²) in [5.74, 6) is -0.280. The van der Waals surface area contributed by atoms with Crippen molar-refractivity contribution in [2.75, 3.05) is 7.11 Å². The largest absolute Gasteiger partial charge is 0.497 e. The maximum absolute atomic E-state index is 11.0. The Hall–Kier alpha value is -2.30. The van der Waals surface area contributed by atoms with Crippen molar-refractivity contribution in [3.8, 4) is 17.0 Å². The number of benzene rings is 1. The molecular weight excluding hydrogens is 244 g/mol. The molecule has 5 heteroatoms. The molecule has 2 aromatic rings. The molecule has 2 rings (SSSR count). The van der Waals surface area contributed by atoms with Gasteiger partial charge in [0.05, 0.1) is 12.8 Å². The lowest BCUT2D eigenvalue weighted by Gasteiger charge is -2.07. The van der Waals surface area contributed by atoms with E-state index in [0.29, 0.717) is 6.54 Å². The summed E-state index contributed by atoms with van der Waals surface area (Å²) < 4.78 is 6.90. The van der Waals surface area contributed by atoms with Gasteiger partial charge in [-0.05, 0) is 24.6 Å². The van der Waals surface area contributed by atoms with Crippen LogP contribution >= 0.6 is 0 Å². The second kappa shape index (κ2) is 5.56. The Balaban J connectivity index is 2.49. The third-order valence-electron chi connectivity index (χ3n) is 2.80. The van der Waals surface area contributed by atoms with E-state index in [4.69, 9.17) is 9.84 Å². The average molecular weight is 260 g/mol. The van der Waals surface area contributed by atoms with Gasteiger partial charge in [0.15, 0.2) is 5.69 Å². The molecule has 5 nitrogen and oxygen atoms in total. The number of aryl methyl sites for hydroxylation is 1. The van der Waals surface area contributed by atoms with Crippen molar-refractivity contribution in [3.05, 3.63) is 36.0 Å². The lowest BCUT2D eigenvalue weighted by Crippen LogP contribution is -2.04. The number of aromatic carboxylic acids is 1. The first kappa shape index (κ1) is 13.1. The molecule has 0 aliphatic rings. The highest BCUT2D eigenvalue weighted by atomic mass is 16.5. The molecule has 0 unspecified atom stereocenters. The summed E-state index contributed by atoms with van der Waals surface area (Å²) in [6.07, 6.45) is 0.887. The number of nitrogens with zero attached hydrogens (tertiary/aromatic N) is 2. The minimum absolute atomic E-state index is 0.0614. The van der Waals surface area contributed by atoms with Crippen LogP contribution in [-0.2, 0) is 6.54 Å². The Morgan fingerprint density at radius 3 is 2.84 bits per heavy atom. The van der Waals surface area contributed by atoms with Gasteiger partial charge in [-0.15, -0.1) is 0 Å². The molecule has 0 atom stereocenters. The number of carboxylic acid groups (broad SMARTS) is 1. The number of carboxylic acids is 1. The quantitative estimate of drug-likeness (QED) is 0.897. The monoisotopic (exact) mass is 260 g/mol. The second-order valence-electron chi connectivity index (χ2n) is 4.18. The number of hydrogen-bond acceptors (Lipinski definition) is 3. The van der Waals surface area contributed by atoms with Crippen LogP contribution in [0.15, 0.2) is 30.3 Å². The Bertz CT molecular complexity index is 590. The molecular formula is C14H16N2O3. The molecule has 0 amide bonds. The molecule has 0 radical (unpaired) electrons. The van der Waals surface area contributed by atoms with Crippen LogP contribution in [-0.4, -0.2) is 28.0 Å². The van der Waals surface area contributed by atoms with Crippen molar-refractivity contribution in [2.45, 2.75) is 19.9 Å². The van der Waals surface area contributed by atoms with E-state index in [0.717, 1.165) is 23.4 Å². The van der Waals surface area contributed by atoms with Crippen molar-refractivity contribution in [2.24, 2.45) is 0 Å². The van der Waals surface area contributed by atoms with Crippen molar-refractivity contribution in [1.82, 2.24) is 9.78 Å². The maximum Gasteiger partial charge on any atom is 0.356 e. The van der Waals surface area contributed by atoms with Crippen LogP contribution in [0.4, 0.5) is 0 Å². The normalized spacial score (nSPS) is 10.4. The van der Waals surface area contributed by atoms with Gasteiger partial charge in [-0.2, -0.15) is 5.10 Å². The van der Waals surface area contributed by atoms with E-state index in [1.165, 1.54) is 0 Å². The summed E-state index contributed by atoms with van der Waals surface area (Å²) in [5.41, 5.74) is 1.75. The fourth-order valence-corrected chi connectivity index (χ4v) is 1.92. The minimum Gasteiger partial charge on any atom is -0.497 e. The van der Waals surface area contributed by atoms with Crippen LogP contribution in [0, 0.1) is 0 Å². The zero-order valence-corrected chi connectivity index (χ0v) is 11.0. The standard InChI is InChI=1S/C14H16N2O3/c1-3-7-16-13(9-12(15-16)14(17)18)10-5-4-6-11(8-10)19-2/h4-6,8-9H,3,7H2,1-2H3,(H,17,18). The summed E-state index contributed by atoms with van der Waals surface area (Å²) >= 11 is 0. The Labute approximate surface area is 111 Å². The van der Waals surface area contributed by atoms with Crippen LogP contribution in [0.3, 0.4) is 0 Å². The molecule has 0 saturated heterocycles. The van der Waals surface area contributed by atoms with E-state index >= 15 is 0 Å². The summed E-state index contributed by atoms with van der Waals surface area (Å²) in [4.78, 5) is 11.0. The van der Waals surface area contributed by atoms with E-state index in [1.807, 2.05) is 31.2 Å². The van der Waals surface area contributed by atoms with Crippen molar-refractivity contribution in [3.63, 3.8) is 0 Å². The first-order valence-corrected chi connectivity index (χ1v) is 6.11. The zero-order valence-electron chi connectivity index (χ0n) is 11.0. The molecule has 1 aromatic heterocycles. The molecule has 0 bridgehead atoms. The van der Waals surface area contributed by atoms with E-state index in [9.17, 15) is 4.79 Å². The first-order valence-electron chi connectivity index (χ1n) is 6.11. The maximum atomic E-state index is 11.0. The molecule has 0 saturated carbocycles. The molecule has 19 heavy (non-hydrogen) atoms. The van der Waals surface area contributed by atoms with E-state index in [1.54, 1.807) is 17.9 Å². The zero-order chi connectivity index (χ0) is 13.8. The van der Waals surface area contributed by atoms with Gasteiger partial charge in [-0.3, -0.25) is 4.68 Å². The Morgan fingerprint density at radius 1 is 1.42 bits per heavy atom. The molecule has 1 N–H and O–H groups in total. The van der Waals surface area contributed by atoms with E-state index in [-0.39, 0.29) is 5.69 Å². The molecule has 0 aliphatic carbocycles. The van der Waals surface area contributed by atoms with Gasteiger partial charge in [0.2, 0.25) is 0 Å². The third-order valence-corrected chi connectivity index (χ3v) is 2.80. The number of hydrogen-bond donors (Lipinski definition) is 1. The van der Waals surface area contributed by atoms with Gasteiger partial charge in [0.1, 0.15) is 5.75 Å². The minimum atomic E-state index is -1.01. The second-order valence-corrected chi connectivity index (χ2v) is 4.18. The summed E-state index contributed by atoms with van der Waals surface area (Å²) in [7, 11) is 1.60. The van der Waals surface area contributed by atoms with Gasteiger partial charge in [0, 0.05) is 12.1 Å². The number of rotatable bonds is 5. The number of ether oxygens (including phenoxy) is 1. The third kappa shape index (κ3) is 2.76. The van der Waals surface area contributed by atoms with Crippen LogP contribution in [0.5, 0.6) is 5.75 Å². The predicted octanol–water partition coefficient (Wildman–Crippen LogP) is 2.67. The summed E-state index contributed by atoms with van der Waals surface area (Å²) in [6.45, 7) is 2.71. The molecule has 1 aromatic carbocycles. The highest BCUT2D eigenvalue weighted by Gasteiger charge is 2.14. The molecule has 0 fully saturated rings. The van der Waals surface area contributed by atoms with Gasteiger partial charge < -0.3 is 9.84 Å². The summed E-state index contributed by atoms with van der Waals surface area (Å²) in [6, 6.07) is 9.10. The van der Waals surface area contributed by atoms with Crippen molar-refractivity contribution >= 4 is 5.97 Å². The van der Waals surface area contributed by atoms with Gasteiger partial charge in [-0.25, -0.2) is 4.79 Å².